The van der Waals surface area contributed by atoms with Crippen molar-refractivity contribution < 1.29 is 13.9 Å². The summed E-state index contributed by atoms with van der Waals surface area (Å²) in [5.41, 5.74) is 6.10. The van der Waals surface area contributed by atoms with Gasteiger partial charge in [0.1, 0.15) is 5.82 Å². The fraction of sp³-hybridized carbons (Fsp3) is 0.364. The summed E-state index contributed by atoms with van der Waals surface area (Å²) in [6, 6.07) is 3.93. The quantitative estimate of drug-likeness (QED) is 0.594. The molecule has 1 aromatic rings. The standard InChI is InChI=1S/C11H15FN2O2/c1-16-4-2-3-11(15)14-10-6-8(12)5-9(13)7-10/h5-7H,2-4,13H2,1H3,(H,14,15). The molecule has 0 spiro atoms. The van der Waals surface area contributed by atoms with E-state index in [0.29, 0.717) is 25.1 Å². The number of amides is 1. The zero-order chi connectivity index (χ0) is 12.0. The van der Waals surface area contributed by atoms with Gasteiger partial charge in [0.15, 0.2) is 0 Å². The Labute approximate surface area is 93.6 Å². The van der Waals surface area contributed by atoms with Gasteiger partial charge in [-0.15, -0.1) is 0 Å². The Hall–Kier alpha value is -1.62. The first-order valence-electron chi connectivity index (χ1n) is 4.96. The van der Waals surface area contributed by atoms with Crippen molar-refractivity contribution in [3.63, 3.8) is 0 Å². The van der Waals surface area contributed by atoms with Crippen LogP contribution in [-0.2, 0) is 9.53 Å². The van der Waals surface area contributed by atoms with Gasteiger partial charge in [0.25, 0.3) is 0 Å². The number of hydrogen-bond acceptors (Lipinski definition) is 3. The molecule has 1 aromatic carbocycles. The summed E-state index contributed by atoms with van der Waals surface area (Å²) in [5, 5.41) is 2.57. The first-order valence-corrected chi connectivity index (χ1v) is 4.96. The molecular formula is C11H15FN2O2. The van der Waals surface area contributed by atoms with E-state index >= 15 is 0 Å². The van der Waals surface area contributed by atoms with Crippen LogP contribution in [0, 0.1) is 5.82 Å². The molecule has 0 saturated carbocycles. The van der Waals surface area contributed by atoms with Gasteiger partial charge in [-0.1, -0.05) is 0 Å². The van der Waals surface area contributed by atoms with Crippen LogP contribution in [0.5, 0.6) is 0 Å². The van der Waals surface area contributed by atoms with E-state index in [1.54, 1.807) is 7.11 Å². The van der Waals surface area contributed by atoms with E-state index in [1.807, 2.05) is 0 Å². The molecule has 0 aliphatic rings. The predicted molar refractivity (Wildman–Crippen MR) is 60.6 cm³/mol. The van der Waals surface area contributed by atoms with Crippen molar-refractivity contribution in [2.45, 2.75) is 12.8 Å². The predicted octanol–water partition coefficient (Wildman–Crippen LogP) is 1.77. The molecule has 16 heavy (non-hydrogen) atoms. The second-order valence-electron chi connectivity index (χ2n) is 3.42. The zero-order valence-corrected chi connectivity index (χ0v) is 9.13. The van der Waals surface area contributed by atoms with E-state index in [2.05, 4.69) is 5.32 Å². The molecule has 0 heterocycles. The van der Waals surface area contributed by atoms with Gasteiger partial charge in [-0.05, 0) is 24.6 Å². The van der Waals surface area contributed by atoms with E-state index in [9.17, 15) is 9.18 Å². The third-order valence-electron chi connectivity index (χ3n) is 1.96. The molecular weight excluding hydrogens is 211 g/mol. The summed E-state index contributed by atoms with van der Waals surface area (Å²) in [6.45, 7) is 0.526. The monoisotopic (exact) mass is 226 g/mol. The Morgan fingerprint density at radius 3 is 2.88 bits per heavy atom. The smallest absolute Gasteiger partial charge is 0.224 e. The maximum atomic E-state index is 12.9. The topological polar surface area (TPSA) is 64.3 Å². The Kier molecular flexibility index (Phi) is 4.72. The molecule has 0 aliphatic carbocycles. The number of nitrogens with two attached hydrogens (primary N) is 1. The molecule has 0 aromatic heterocycles. The summed E-state index contributed by atoms with van der Waals surface area (Å²) < 4.78 is 17.8. The molecule has 0 atom stereocenters. The lowest BCUT2D eigenvalue weighted by atomic mass is 10.2. The highest BCUT2D eigenvalue weighted by Gasteiger charge is 2.04. The molecule has 3 N–H and O–H groups in total. The SMILES string of the molecule is COCCCC(=O)Nc1cc(N)cc(F)c1. The summed E-state index contributed by atoms with van der Waals surface area (Å²) in [5.74, 6) is -0.644. The van der Waals surface area contributed by atoms with Crippen LogP contribution in [0.1, 0.15) is 12.8 Å². The van der Waals surface area contributed by atoms with Gasteiger partial charge in [0.2, 0.25) is 5.91 Å². The zero-order valence-electron chi connectivity index (χ0n) is 9.13. The number of anilines is 2. The van der Waals surface area contributed by atoms with Crippen molar-refractivity contribution in [1.82, 2.24) is 0 Å². The summed E-state index contributed by atoms with van der Waals surface area (Å²) in [4.78, 5) is 11.4. The van der Waals surface area contributed by atoms with Gasteiger partial charge in [-0.25, -0.2) is 4.39 Å². The molecule has 88 valence electrons. The van der Waals surface area contributed by atoms with E-state index in [0.717, 1.165) is 0 Å². The highest BCUT2D eigenvalue weighted by Crippen LogP contribution is 2.15. The number of rotatable bonds is 5. The number of carbonyl (C=O) groups excluding carboxylic acids is 1. The maximum absolute atomic E-state index is 12.9. The van der Waals surface area contributed by atoms with Crippen molar-refractivity contribution in [2.75, 3.05) is 24.8 Å². The lowest BCUT2D eigenvalue weighted by Gasteiger charge is -2.06. The fourth-order valence-corrected chi connectivity index (χ4v) is 1.29. The second-order valence-corrected chi connectivity index (χ2v) is 3.42. The van der Waals surface area contributed by atoms with Crippen LogP contribution < -0.4 is 11.1 Å². The Bertz CT molecular complexity index is 349. The molecule has 5 heteroatoms. The molecule has 0 saturated heterocycles. The van der Waals surface area contributed by atoms with Crippen LogP contribution in [0.15, 0.2) is 18.2 Å². The Balaban J connectivity index is 2.49. The largest absolute Gasteiger partial charge is 0.399 e. The van der Waals surface area contributed by atoms with Crippen molar-refractivity contribution in [2.24, 2.45) is 0 Å². The number of carbonyl (C=O) groups is 1. The van der Waals surface area contributed by atoms with Crippen LogP contribution in [0.3, 0.4) is 0 Å². The lowest BCUT2D eigenvalue weighted by molar-refractivity contribution is -0.116. The second kappa shape index (κ2) is 6.07. The molecule has 0 radical (unpaired) electrons. The van der Waals surface area contributed by atoms with Crippen LogP contribution in [0.2, 0.25) is 0 Å². The number of ether oxygens (including phenoxy) is 1. The fourth-order valence-electron chi connectivity index (χ4n) is 1.29. The van der Waals surface area contributed by atoms with Gasteiger partial charge >= 0.3 is 0 Å². The lowest BCUT2D eigenvalue weighted by Crippen LogP contribution is -2.12. The average molecular weight is 226 g/mol. The first kappa shape index (κ1) is 12.4. The van der Waals surface area contributed by atoms with Crippen LogP contribution in [0.4, 0.5) is 15.8 Å². The van der Waals surface area contributed by atoms with Crippen LogP contribution in [0.25, 0.3) is 0 Å². The normalized spacial score (nSPS) is 10.1. The van der Waals surface area contributed by atoms with Crippen molar-refractivity contribution in [3.05, 3.63) is 24.0 Å². The number of benzene rings is 1. The average Bonchev–Trinajstić information content (AvgIpc) is 2.16. The van der Waals surface area contributed by atoms with Crippen LogP contribution in [-0.4, -0.2) is 19.6 Å². The van der Waals surface area contributed by atoms with Gasteiger partial charge < -0.3 is 15.8 Å². The van der Waals surface area contributed by atoms with Crippen molar-refractivity contribution >= 4 is 17.3 Å². The molecule has 0 bridgehead atoms. The third kappa shape index (κ3) is 4.27. The van der Waals surface area contributed by atoms with E-state index in [4.69, 9.17) is 10.5 Å². The molecule has 1 amide bonds. The minimum absolute atomic E-state index is 0.179. The van der Waals surface area contributed by atoms with E-state index in [-0.39, 0.29) is 11.6 Å². The number of nitrogens with one attached hydrogen (secondary N) is 1. The molecule has 1 rings (SSSR count). The Morgan fingerprint density at radius 2 is 2.25 bits per heavy atom. The summed E-state index contributed by atoms with van der Waals surface area (Å²) in [7, 11) is 1.57. The molecule has 0 aliphatic heterocycles. The molecule has 0 unspecified atom stereocenters. The van der Waals surface area contributed by atoms with Gasteiger partial charge in [-0.3, -0.25) is 4.79 Å². The highest BCUT2D eigenvalue weighted by molar-refractivity contribution is 5.91. The minimum Gasteiger partial charge on any atom is -0.399 e. The third-order valence-corrected chi connectivity index (χ3v) is 1.96. The minimum atomic E-state index is -0.466. The molecule has 0 fully saturated rings. The Morgan fingerprint density at radius 1 is 1.50 bits per heavy atom. The summed E-state index contributed by atoms with van der Waals surface area (Å²) >= 11 is 0. The number of nitrogen functional groups attached to an aromatic ring is 1. The van der Waals surface area contributed by atoms with E-state index < -0.39 is 5.82 Å². The summed E-state index contributed by atoms with van der Waals surface area (Å²) in [6.07, 6.45) is 0.970. The van der Waals surface area contributed by atoms with Gasteiger partial charge in [0.05, 0.1) is 0 Å². The highest BCUT2D eigenvalue weighted by atomic mass is 19.1. The van der Waals surface area contributed by atoms with Crippen molar-refractivity contribution in [3.8, 4) is 0 Å². The first-order chi connectivity index (χ1) is 7.61. The van der Waals surface area contributed by atoms with E-state index in [1.165, 1.54) is 18.2 Å². The van der Waals surface area contributed by atoms with Gasteiger partial charge in [-0.2, -0.15) is 0 Å². The number of methoxy groups -OCH3 is 1. The maximum Gasteiger partial charge on any atom is 0.224 e. The number of halogens is 1. The van der Waals surface area contributed by atoms with Crippen LogP contribution >= 0.6 is 0 Å². The molecule has 4 nitrogen and oxygen atoms in total. The number of hydrogen-bond donors (Lipinski definition) is 2. The van der Waals surface area contributed by atoms with Gasteiger partial charge in [0, 0.05) is 31.5 Å². The van der Waals surface area contributed by atoms with Crippen molar-refractivity contribution in [1.29, 1.82) is 0 Å².